The van der Waals surface area contributed by atoms with Crippen LogP contribution in [0.15, 0.2) is 42.5 Å². The number of hydrogen-bond acceptors (Lipinski definition) is 3. The Morgan fingerprint density at radius 2 is 1.83 bits per heavy atom. The van der Waals surface area contributed by atoms with Gasteiger partial charge in [-0.15, -0.1) is 0 Å². The summed E-state index contributed by atoms with van der Waals surface area (Å²) in [5.74, 6) is 0.595. The van der Waals surface area contributed by atoms with Crippen LogP contribution in [-0.2, 0) is 4.79 Å². The standard InChI is InChI=1S/C17H18Cl2N2O2/c1-11(2)23-14-6-4-13(5-7-14)21-17(22)10-20-16-8-3-12(18)9-15(16)19/h3-9,11,20H,10H2,1-2H3,(H,21,22). The first-order chi connectivity index (χ1) is 10.9. The van der Waals surface area contributed by atoms with Crippen LogP contribution in [0.5, 0.6) is 5.75 Å². The Labute approximate surface area is 145 Å². The molecule has 0 heterocycles. The molecule has 1 amide bonds. The van der Waals surface area contributed by atoms with Crippen LogP contribution < -0.4 is 15.4 Å². The van der Waals surface area contributed by atoms with E-state index >= 15 is 0 Å². The van der Waals surface area contributed by atoms with Crippen molar-refractivity contribution >= 4 is 40.5 Å². The zero-order valence-electron chi connectivity index (χ0n) is 12.9. The number of benzene rings is 2. The molecular weight excluding hydrogens is 335 g/mol. The van der Waals surface area contributed by atoms with E-state index in [2.05, 4.69) is 10.6 Å². The van der Waals surface area contributed by atoms with Crippen molar-refractivity contribution in [3.8, 4) is 5.75 Å². The number of rotatable bonds is 6. The lowest BCUT2D eigenvalue weighted by Gasteiger charge is -2.11. The van der Waals surface area contributed by atoms with Crippen LogP contribution in [0.25, 0.3) is 0 Å². The molecule has 2 aromatic carbocycles. The molecule has 0 saturated carbocycles. The molecule has 122 valence electrons. The minimum Gasteiger partial charge on any atom is -0.491 e. The summed E-state index contributed by atoms with van der Waals surface area (Å²) in [5.41, 5.74) is 1.36. The molecule has 23 heavy (non-hydrogen) atoms. The van der Waals surface area contributed by atoms with Gasteiger partial charge in [0.15, 0.2) is 0 Å². The predicted octanol–water partition coefficient (Wildman–Crippen LogP) is 4.83. The molecule has 0 atom stereocenters. The summed E-state index contributed by atoms with van der Waals surface area (Å²) in [6.45, 7) is 4.03. The molecule has 0 spiro atoms. The number of halogens is 2. The number of carbonyl (C=O) groups excluding carboxylic acids is 1. The van der Waals surface area contributed by atoms with Gasteiger partial charge in [-0.25, -0.2) is 0 Å². The predicted molar refractivity (Wildman–Crippen MR) is 95.8 cm³/mol. The Hall–Kier alpha value is -1.91. The first-order valence-corrected chi connectivity index (χ1v) is 7.95. The van der Waals surface area contributed by atoms with Crippen LogP contribution in [0.1, 0.15) is 13.8 Å². The minimum absolute atomic E-state index is 0.103. The van der Waals surface area contributed by atoms with Gasteiger partial charge in [0.2, 0.25) is 5.91 Å². The van der Waals surface area contributed by atoms with Gasteiger partial charge in [-0.05, 0) is 56.3 Å². The van der Waals surface area contributed by atoms with Crippen molar-refractivity contribution in [2.45, 2.75) is 20.0 Å². The van der Waals surface area contributed by atoms with Crippen molar-refractivity contribution < 1.29 is 9.53 Å². The van der Waals surface area contributed by atoms with Crippen molar-refractivity contribution in [2.75, 3.05) is 17.2 Å². The van der Waals surface area contributed by atoms with Gasteiger partial charge in [0.05, 0.1) is 23.4 Å². The molecule has 0 aliphatic carbocycles. The maximum atomic E-state index is 12.0. The zero-order chi connectivity index (χ0) is 16.8. The molecule has 0 aliphatic heterocycles. The van der Waals surface area contributed by atoms with E-state index < -0.39 is 0 Å². The quantitative estimate of drug-likeness (QED) is 0.782. The second-order valence-electron chi connectivity index (χ2n) is 5.22. The van der Waals surface area contributed by atoms with Crippen molar-refractivity contribution in [1.29, 1.82) is 0 Å². The SMILES string of the molecule is CC(C)Oc1ccc(NC(=O)CNc2ccc(Cl)cc2Cl)cc1. The van der Waals surface area contributed by atoms with Crippen molar-refractivity contribution in [1.82, 2.24) is 0 Å². The lowest BCUT2D eigenvalue weighted by atomic mass is 10.3. The van der Waals surface area contributed by atoms with Crippen molar-refractivity contribution in [3.05, 3.63) is 52.5 Å². The normalized spacial score (nSPS) is 10.5. The molecule has 0 aromatic heterocycles. The first kappa shape index (κ1) is 17.4. The number of hydrogen-bond donors (Lipinski definition) is 2. The molecule has 2 aromatic rings. The Morgan fingerprint density at radius 3 is 2.43 bits per heavy atom. The Kier molecular flexibility index (Phi) is 6.13. The van der Waals surface area contributed by atoms with Gasteiger partial charge < -0.3 is 15.4 Å². The lowest BCUT2D eigenvalue weighted by molar-refractivity contribution is -0.114. The van der Waals surface area contributed by atoms with Gasteiger partial charge in [-0.1, -0.05) is 23.2 Å². The summed E-state index contributed by atoms with van der Waals surface area (Å²) in [6, 6.07) is 12.3. The molecule has 6 heteroatoms. The molecule has 0 aliphatic rings. The highest BCUT2D eigenvalue weighted by atomic mass is 35.5. The Morgan fingerprint density at radius 1 is 1.13 bits per heavy atom. The Bertz CT molecular complexity index is 673. The second kappa shape index (κ2) is 8.09. The van der Waals surface area contributed by atoms with Crippen LogP contribution in [0.4, 0.5) is 11.4 Å². The zero-order valence-corrected chi connectivity index (χ0v) is 14.4. The van der Waals surface area contributed by atoms with E-state index in [4.69, 9.17) is 27.9 Å². The summed E-state index contributed by atoms with van der Waals surface area (Å²) in [6.07, 6.45) is 0.115. The molecule has 0 unspecified atom stereocenters. The topological polar surface area (TPSA) is 50.4 Å². The summed E-state index contributed by atoms with van der Waals surface area (Å²) in [5, 5.41) is 6.79. The van der Waals surface area contributed by atoms with E-state index in [1.165, 1.54) is 0 Å². The molecule has 0 fully saturated rings. The lowest BCUT2D eigenvalue weighted by Crippen LogP contribution is -2.21. The van der Waals surface area contributed by atoms with E-state index in [-0.39, 0.29) is 18.6 Å². The van der Waals surface area contributed by atoms with E-state index in [9.17, 15) is 4.79 Å². The van der Waals surface area contributed by atoms with E-state index in [0.717, 1.165) is 5.75 Å². The van der Waals surface area contributed by atoms with E-state index in [1.807, 2.05) is 26.0 Å². The smallest absolute Gasteiger partial charge is 0.243 e. The van der Waals surface area contributed by atoms with Crippen LogP contribution in [-0.4, -0.2) is 18.6 Å². The summed E-state index contributed by atoms with van der Waals surface area (Å²) >= 11 is 11.9. The maximum Gasteiger partial charge on any atom is 0.243 e. The van der Waals surface area contributed by atoms with Crippen LogP contribution in [0.3, 0.4) is 0 Å². The Balaban J connectivity index is 1.87. The summed E-state index contributed by atoms with van der Waals surface area (Å²) in [7, 11) is 0. The second-order valence-corrected chi connectivity index (χ2v) is 6.06. The van der Waals surface area contributed by atoms with Crippen LogP contribution >= 0.6 is 23.2 Å². The summed E-state index contributed by atoms with van der Waals surface area (Å²) in [4.78, 5) is 12.0. The fourth-order valence-electron chi connectivity index (χ4n) is 1.90. The van der Waals surface area contributed by atoms with E-state index in [1.54, 1.807) is 30.3 Å². The molecule has 0 saturated heterocycles. The van der Waals surface area contributed by atoms with Gasteiger partial charge in [0.25, 0.3) is 0 Å². The fourth-order valence-corrected chi connectivity index (χ4v) is 2.38. The minimum atomic E-state index is -0.173. The number of nitrogens with one attached hydrogen (secondary N) is 2. The molecule has 2 rings (SSSR count). The molecule has 0 radical (unpaired) electrons. The highest BCUT2D eigenvalue weighted by Crippen LogP contribution is 2.25. The van der Waals surface area contributed by atoms with Gasteiger partial charge in [-0.2, -0.15) is 0 Å². The van der Waals surface area contributed by atoms with Gasteiger partial charge in [-0.3, -0.25) is 4.79 Å². The third-order valence-corrected chi connectivity index (χ3v) is 3.43. The van der Waals surface area contributed by atoms with Crippen molar-refractivity contribution in [2.24, 2.45) is 0 Å². The highest BCUT2D eigenvalue weighted by molar-refractivity contribution is 6.36. The molecule has 4 nitrogen and oxygen atoms in total. The first-order valence-electron chi connectivity index (χ1n) is 7.19. The number of carbonyl (C=O) groups is 1. The molecule has 0 bridgehead atoms. The van der Waals surface area contributed by atoms with Crippen molar-refractivity contribution in [3.63, 3.8) is 0 Å². The summed E-state index contributed by atoms with van der Waals surface area (Å²) < 4.78 is 5.55. The number of anilines is 2. The average Bonchev–Trinajstić information content (AvgIpc) is 2.48. The van der Waals surface area contributed by atoms with E-state index in [0.29, 0.717) is 21.4 Å². The maximum absolute atomic E-state index is 12.0. The number of ether oxygens (including phenoxy) is 1. The average molecular weight is 353 g/mol. The highest BCUT2D eigenvalue weighted by Gasteiger charge is 2.06. The fraction of sp³-hybridized carbons (Fsp3) is 0.235. The van der Waals surface area contributed by atoms with Gasteiger partial charge in [0, 0.05) is 10.7 Å². The third kappa shape index (κ3) is 5.66. The van der Waals surface area contributed by atoms with Gasteiger partial charge in [0.1, 0.15) is 5.75 Å². The monoisotopic (exact) mass is 352 g/mol. The molecular formula is C17H18Cl2N2O2. The molecule has 2 N–H and O–H groups in total. The number of amides is 1. The van der Waals surface area contributed by atoms with Crippen LogP contribution in [0, 0.1) is 0 Å². The van der Waals surface area contributed by atoms with Gasteiger partial charge >= 0.3 is 0 Å². The third-order valence-electron chi connectivity index (χ3n) is 2.88. The van der Waals surface area contributed by atoms with Crippen LogP contribution in [0.2, 0.25) is 10.0 Å². The largest absolute Gasteiger partial charge is 0.491 e.